The van der Waals surface area contributed by atoms with E-state index in [1.165, 1.54) is 19.2 Å². The molecule has 1 aliphatic heterocycles. The van der Waals surface area contributed by atoms with Gasteiger partial charge in [-0.25, -0.2) is 17.9 Å². The fourth-order valence-corrected chi connectivity index (χ4v) is 3.86. The SMILES string of the molecule is CNS(=O)(=O)c1ccc(CCC(=O)NCCN2CCN(C(=O)OC(C)(C)C)CC2)cc1. The number of nitrogens with one attached hydrogen (secondary N) is 2. The topological polar surface area (TPSA) is 108 Å². The molecule has 0 spiro atoms. The van der Waals surface area contributed by atoms with Crippen LogP contribution in [0.15, 0.2) is 29.2 Å². The number of carbonyl (C=O) groups excluding carboxylic acids is 2. The summed E-state index contributed by atoms with van der Waals surface area (Å²) < 4.78 is 31.1. The minimum absolute atomic E-state index is 0.0423. The Morgan fingerprint density at radius 3 is 2.23 bits per heavy atom. The highest BCUT2D eigenvalue weighted by Gasteiger charge is 2.25. The van der Waals surface area contributed by atoms with E-state index in [9.17, 15) is 18.0 Å². The molecule has 174 valence electrons. The molecule has 1 aliphatic rings. The van der Waals surface area contributed by atoms with Gasteiger partial charge in [0.25, 0.3) is 0 Å². The second-order valence-electron chi connectivity index (χ2n) is 8.51. The highest BCUT2D eigenvalue weighted by molar-refractivity contribution is 7.89. The van der Waals surface area contributed by atoms with Gasteiger partial charge in [0.1, 0.15) is 5.60 Å². The molecule has 2 amide bonds. The van der Waals surface area contributed by atoms with Crippen LogP contribution in [0.25, 0.3) is 0 Å². The van der Waals surface area contributed by atoms with Crippen molar-refractivity contribution in [3.05, 3.63) is 29.8 Å². The lowest BCUT2D eigenvalue weighted by Gasteiger charge is -2.35. The number of hydrogen-bond acceptors (Lipinski definition) is 6. The van der Waals surface area contributed by atoms with Crippen LogP contribution in [-0.2, 0) is 26.0 Å². The Morgan fingerprint density at radius 1 is 1.06 bits per heavy atom. The molecule has 0 bridgehead atoms. The molecule has 0 unspecified atom stereocenters. The van der Waals surface area contributed by atoms with Gasteiger partial charge in [-0.05, 0) is 51.9 Å². The lowest BCUT2D eigenvalue weighted by molar-refractivity contribution is -0.121. The highest BCUT2D eigenvalue weighted by atomic mass is 32.2. The van der Waals surface area contributed by atoms with Crippen molar-refractivity contribution in [2.45, 2.75) is 44.1 Å². The monoisotopic (exact) mass is 454 g/mol. The van der Waals surface area contributed by atoms with Gasteiger partial charge in [0.2, 0.25) is 15.9 Å². The Hall–Kier alpha value is -2.17. The van der Waals surface area contributed by atoms with Crippen molar-refractivity contribution in [3.8, 4) is 0 Å². The number of carbonyl (C=O) groups is 2. The highest BCUT2D eigenvalue weighted by Crippen LogP contribution is 2.12. The van der Waals surface area contributed by atoms with E-state index in [-0.39, 0.29) is 16.9 Å². The predicted octanol–water partition coefficient (Wildman–Crippen LogP) is 1.20. The molecule has 0 aromatic heterocycles. The maximum absolute atomic E-state index is 12.1. The first-order chi connectivity index (χ1) is 14.5. The molecule has 31 heavy (non-hydrogen) atoms. The first-order valence-corrected chi connectivity index (χ1v) is 12.0. The van der Waals surface area contributed by atoms with Crippen LogP contribution < -0.4 is 10.0 Å². The Kier molecular flexibility index (Phi) is 8.84. The van der Waals surface area contributed by atoms with Gasteiger partial charge >= 0.3 is 6.09 Å². The molecule has 1 fully saturated rings. The smallest absolute Gasteiger partial charge is 0.410 e. The number of piperazine rings is 1. The molecule has 9 nitrogen and oxygen atoms in total. The van der Waals surface area contributed by atoms with Crippen molar-refractivity contribution in [3.63, 3.8) is 0 Å². The van der Waals surface area contributed by atoms with Crippen LogP contribution in [0.5, 0.6) is 0 Å². The average molecular weight is 455 g/mol. The second kappa shape index (κ2) is 10.9. The van der Waals surface area contributed by atoms with Gasteiger partial charge in [0, 0.05) is 45.7 Å². The van der Waals surface area contributed by atoms with Gasteiger partial charge in [-0.1, -0.05) is 12.1 Å². The normalized spacial score (nSPS) is 15.5. The number of rotatable bonds is 8. The Morgan fingerprint density at radius 2 is 1.68 bits per heavy atom. The van der Waals surface area contributed by atoms with E-state index < -0.39 is 15.6 Å². The van der Waals surface area contributed by atoms with Crippen molar-refractivity contribution >= 4 is 22.0 Å². The summed E-state index contributed by atoms with van der Waals surface area (Å²) in [6, 6.07) is 6.52. The van der Waals surface area contributed by atoms with Gasteiger partial charge in [-0.3, -0.25) is 9.69 Å². The Bertz CT molecular complexity index is 842. The Balaban J connectivity index is 1.64. The number of benzene rings is 1. The molecule has 1 aromatic carbocycles. The van der Waals surface area contributed by atoms with Crippen LogP contribution in [0.4, 0.5) is 4.79 Å². The van der Waals surface area contributed by atoms with Crippen molar-refractivity contribution in [2.24, 2.45) is 0 Å². The maximum Gasteiger partial charge on any atom is 0.410 e. The van der Waals surface area contributed by atoms with Crippen LogP contribution in [0.2, 0.25) is 0 Å². The largest absolute Gasteiger partial charge is 0.444 e. The zero-order valence-electron chi connectivity index (χ0n) is 18.8. The molecule has 0 atom stereocenters. The second-order valence-corrected chi connectivity index (χ2v) is 10.4. The molecular formula is C21H34N4O5S. The van der Waals surface area contributed by atoms with Crippen molar-refractivity contribution in [1.29, 1.82) is 0 Å². The molecule has 0 radical (unpaired) electrons. The fraction of sp³-hybridized carbons (Fsp3) is 0.619. The summed E-state index contributed by atoms with van der Waals surface area (Å²) in [7, 11) is -2.08. The number of hydrogen-bond donors (Lipinski definition) is 2. The first-order valence-electron chi connectivity index (χ1n) is 10.5. The third-order valence-corrected chi connectivity index (χ3v) is 6.35. The third-order valence-electron chi connectivity index (χ3n) is 4.92. The molecule has 2 N–H and O–H groups in total. The predicted molar refractivity (Wildman–Crippen MR) is 118 cm³/mol. The summed E-state index contributed by atoms with van der Waals surface area (Å²) in [4.78, 5) is 28.3. The summed E-state index contributed by atoms with van der Waals surface area (Å²) in [5.74, 6) is -0.0423. The lowest BCUT2D eigenvalue weighted by atomic mass is 10.1. The van der Waals surface area contributed by atoms with Crippen LogP contribution in [0, 0.1) is 0 Å². The number of sulfonamides is 1. The van der Waals surface area contributed by atoms with Crippen molar-refractivity contribution in [1.82, 2.24) is 19.8 Å². The van der Waals surface area contributed by atoms with Crippen LogP contribution >= 0.6 is 0 Å². The van der Waals surface area contributed by atoms with E-state index in [0.717, 1.165) is 25.2 Å². The lowest BCUT2D eigenvalue weighted by Crippen LogP contribution is -2.51. The fourth-order valence-electron chi connectivity index (χ4n) is 3.13. The Labute approximate surface area is 185 Å². The molecule has 1 heterocycles. The van der Waals surface area contributed by atoms with E-state index in [1.54, 1.807) is 17.0 Å². The number of aryl methyl sites for hydroxylation is 1. The number of amides is 2. The van der Waals surface area contributed by atoms with E-state index in [1.807, 2.05) is 20.8 Å². The van der Waals surface area contributed by atoms with Crippen LogP contribution in [0.3, 0.4) is 0 Å². The molecule has 2 rings (SSSR count). The van der Waals surface area contributed by atoms with E-state index in [4.69, 9.17) is 4.74 Å². The van der Waals surface area contributed by atoms with E-state index >= 15 is 0 Å². The molecule has 0 saturated carbocycles. The minimum Gasteiger partial charge on any atom is -0.444 e. The van der Waals surface area contributed by atoms with Gasteiger partial charge in [-0.15, -0.1) is 0 Å². The van der Waals surface area contributed by atoms with E-state index in [2.05, 4.69) is 14.9 Å². The van der Waals surface area contributed by atoms with Gasteiger partial charge in [0.15, 0.2) is 0 Å². The average Bonchev–Trinajstić information content (AvgIpc) is 2.72. The quantitative estimate of drug-likeness (QED) is 0.611. The summed E-state index contributed by atoms with van der Waals surface area (Å²) in [5, 5.41) is 2.92. The number of ether oxygens (including phenoxy) is 1. The molecule has 0 aliphatic carbocycles. The summed E-state index contributed by atoms with van der Waals surface area (Å²) >= 11 is 0. The molecule has 1 saturated heterocycles. The van der Waals surface area contributed by atoms with Crippen molar-refractivity contribution < 1.29 is 22.7 Å². The zero-order valence-corrected chi connectivity index (χ0v) is 19.6. The molecular weight excluding hydrogens is 420 g/mol. The summed E-state index contributed by atoms with van der Waals surface area (Å²) in [6.07, 6.45) is 0.599. The summed E-state index contributed by atoms with van der Waals surface area (Å²) in [5.41, 5.74) is 0.411. The van der Waals surface area contributed by atoms with Crippen LogP contribution in [-0.4, -0.2) is 82.1 Å². The standard InChI is InChI=1S/C21H34N4O5S/c1-21(2,3)30-20(27)25-15-13-24(14-16-25)12-11-23-19(26)10-7-17-5-8-18(9-6-17)31(28,29)22-4/h5-6,8-9,22H,7,10-16H2,1-4H3,(H,23,26). The minimum atomic E-state index is -3.45. The first kappa shape index (κ1) is 25.1. The molecule has 1 aromatic rings. The van der Waals surface area contributed by atoms with E-state index in [0.29, 0.717) is 32.5 Å². The van der Waals surface area contributed by atoms with Gasteiger partial charge in [-0.2, -0.15) is 0 Å². The molecule has 10 heteroatoms. The third kappa shape index (κ3) is 8.47. The number of nitrogens with zero attached hydrogens (tertiary/aromatic N) is 2. The summed E-state index contributed by atoms with van der Waals surface area (Å²) in [6.45, 7) is 9.56. The van der Waals surface area contributed by atoms with Crippen LogP contribution in [0.1, 0.15) is 32.8 Å². The van der Waals surface area contributed by atoms with Gasteiger partial charge in [0.05, 0.1) is 4.90 Å². The zero-order chi connectivity index (χ0) is 23.1. The maximum atomic E-state index is 12.1. The van der Waals surface area contributed by atoms with Crippen molar-refractivity contribution in [2.75, 3.05) is 46.3 Å². The van der Waals surface area contributed by atoms with Gasteiger partial charge < -0.3 is 15.0 Å².